The fraction of sp³-hybridized carbons (Fsp3) is 0.333. The summed E-state index contributed by atoms with van der Waals surface area (Å²) in [4.78, 5) is 0. The number of alkyl halides is 3. The Morgan fingerprint density at radius 1 is 1.15 bits per heavy atom. The van der Waals surface area contributed by atoms with Crippen LogP contribution in [0.15, 0.2) is 12.1 Å². The Morgan fingerprint density at radius 2 is 1.69 bits per heavy atom. The fourth-order valence-electron chi connectivity index (χ4n) is 1.08. The normalized spacial score (nSPS) is 11.8. The van der Waals surface area contributed by atoms with Gasteiger partial charge in [0.2, 0.25) is 3.79 Å². The lowest BCUT2D eigenvalue weighted by Gasteiger charge is -2.16. The van der Waals surface area contributed by atoms with Gasteiger partial charge in [-0.25, -0.2) is 0 Å². The highest BCUT2D eigenvalue weighted by Crippen LogP contribution is 2.42. The van der Waals surface area contributed by atoms with Crippen LogP contribution in [-0.4, -0.2) is 0 Å². The summed E-state index contributed by atoms with van der Waals surface area (Å²) in [5.41, 5.74) is 8.97. The summed E-state index contributed by atoms with van der Waals surface area (Å²) >= 11 is 17.2. The second-order valence-corrected chi connectivity index (χ2v) is 5.25. The van der Waals surface area contributed by atoms with E-state index >= 15 is 0 Å². The maximum atomic E-state index is 5.82. The van der Waals surface area contributed by atoms with E-state index in [1.54, 1.807) is 6.07 Å². The van der Waals surface area contributed by atoms with Gasteiger partial charge in [0.05, 0.1) is 0 Å². The van der Waals surface area contributed by atoms with E-state index in [0.29, 0.717) is 11.3 Å². The molecule has 0 heterocycles. The summed E-state index contributed by atoms with van der Waals surface area (Å²) in [6.45, 7) is 3.87. The van der Waals surface area contributed by atoms with Crippen LogP contribution in [0.1, 0.15) is 16.7 Å². The van der Waals surface area contributed by atoms with Gasteiger partial charge in [0.15, 0.2) is 0 Å². The molecule has 1 rings (SSSR count). The third-order valence-electron chi connectivity index (χ3n) is 2.09. The van der Waals surface area contributed by atoms with Crippen molar-refractivity contribution in [1.82, 2.24) is 0 Å². The zero-order valence-electron chi connectivity index (χ0n) is 7.37. The van der Waals surface area contributed by atoms with Crippen LogP contribution in [0, 0.1) is 13.8 Å². The van der Waals surface area contributed by atoms with Gasteiger partial charge < -0.3 is 5.73 Å². The Hall–Kier alpha value is -0.110. The van der Waals surface area contributed by atoms with Crippen LogP contribution < -0.4 is 5.73 Å². The fourth-order valence-corrected chi connectivity index (χ4v) is 1.58. The molecule has 0 bridgehead atoms. The summed E-state index contributed by atoms with van der Waals surface area (Å²) < 4.78 is -1.44. The zero-order chi connectivity index (χ0) is 10.2. The second kappa shape index (κ2) is 3.56. The molecule has 0 aliphatic heterocycles. The molecule has 1 aromatic carbocycles. The Morgan fingerprint density at radius 3 is 2.15 bits per heavy atom. The average molecular weight is 239 g/mol. The average Bonchev–Trinajstić information content (AvgIpc) is 1.98. The van der Waals surface area contributed by atoms with Gasteiger partial charge in [-0.2, -0.15) is 0 Å². The first kappa shape index (κ1) is 11.0. The van der Waals surface area contributed by atoms with E-state index in [2.05, 4.69) is 0 Å². The molecular weight excluding hydrogens is 228 g/mol. The largest absolute Gasteiger partial charge is 0.398 e. The van der Waals surface area contributed by atoms with Gasteiger partial charge in [-0.1, -0.05) is 46.9 Å². The van der Waals surface area contributed by atoms with E-state index in [1.807, 2.05) is 19.9 Å². The molecule has 4 heteroatoms. The number of hydrogen-bond donors (Lipinski definition) is 1. The minimum atomic E-state index is -1.44. The summed E-state index contributed by atoms with van der Waals surface area (Å²) in [6, 6.07) is 3.63. The molecule has 0 aliphatic rings. The molecule has 0 aromatic heterocycles. The monoisotopic (exact) mass is 237 g/mol. The molecule has 13 heavy (non-hydrogen) atoms. The van der Waals surface area contributed by atoms with E-state index < -0.39 is 3.79 Å². The number of anilines is 1. The molecule has 1 nitrogen and oxygen atoms in total. The van der Waals surface area contributed by atoms with Crippen molar-refractivity contribution in [3.05, 3.63) is 28.8 Å². The molecule has 0 aliphatic carbocycles. The molecule has 72 valence electrons. The first-order chi connectivity index (χ1) is 5.84. The molecule has 0 saturated carbocycles. The topological polar surface area (TPSA) is 26.0 Å². The summed E-state index contributed by atoms with van der Waals surface area (Å²) in [5.74, 6) is 0. The van der Waals surface area contributed by atoms with Gasteiger partial charge in [-0.3, -0.25) is 0 Å². The van der Waals surface area contributed by atoms with Crippen molar-refractivity contribution in [3.63, 3.8) is 0 Å². The van der Waals surface area contributed by atoms with Crippen LogP contribution in [0.3, 0.4) is 0 Å². The van der Waals surface area contributed by atoms with Gasteiger partial charge in [0.1, 0.15) is 0 Å². The number of nitrogens with two attached hydrogens (primary N) is 1. The quantitative estimate of drug-likeness (QED) is 0.541. The lowest BCUT2D eigenvalue weighted by atomic mass is 10.0. The van der Waals surface area contributed by atoms with Crippen molar-refractivity contribution >= 4 is 40.5 Å². The molecule has 0 atom stereocenters. The van der Waals surface area contributed by atoms with E-state index in [-0.39, 0.29) is 0 Å². The predicted molar refractivity (Wildman–Crippen MR) is 59.6 cm³/mol. The molecular formula is C9H10Cl3N. The molecule has 0 spiro atoms. The molecule has 1 aromatic rings. The third kappa shape index (κ3) is 2.22. The van der Waals surface area contributed by atoms with Gasteiger partial charge in [0, 0.05) is 11.3 Å². The van der Waals surface area contributed by atoms with Gasteiger partial charge >= 0.3 is 0 Å². The van der Waals surface area contributed by atoms with Crippen molar-refractivity contribution in [2.24, 2.45) is 0 Å². The summed E-state index contributed by atoms with van der Waals surface area (Å²) in [7, 11) is 0. The lowest BCUT2D eigenvalue weighted by molar-refractivity contribution is 1.21. The first-order valence-electron chi connectivity index (χ1n) is 3.77. The molecule has 0 radical (unpaired) electrons. The van der Waals surface area contributed by atoms with Crippen molar-refractivity contribution in [3.8, 4) is 0 Å². The Labute approximate surface area is 92.8 Å². The van der Waals surface area contributed by atoms with E-state index in [4.69, 9.17) is 40.5 Å². The van der Waals surface area contributed by atoms with Crippen LogP contribution >= 0.6 is 34.8 Å². The molecule has 0 saturated heterocycles. The Balaban J connectivity index is 3.35. The molecule has 2 N–H and O–H groups in total. The number of benzene rings is 1. The van der Waals surface area contributed by atoms with E-state index in [1.165, 1.54) is 0 Å². The number of rotatable bonds is 0. The van der Waals surface area contributed by atoms with Crippen LogP contribution in [0.4, 0.5) is 5.69 Å². The number of hydrogen-bond acceptors (Lipinski definition) is 1. The summed E-state index contributed by atoms with van der Waals surface area (Å²) in [6.07, 6.45) is 0. The zero-order valence-corrected chi connectivity index (χ0v) is 9.63. The molecule has 0 unspecified atom stereocenters. The van der Waals surface area contributed by atoms with E-state index in [0.717, 1.165) is 11.1 Å². The van der Waals surface area contributed by atoms with Crippen molar-refractivity contribution in [2.75, 3.05) is 5.73 Å². The molecule has 0 amide bonds. The van der Waals surface area contributed by atoms with Crippen LogP contribution in [0.25, 0.3) is 0 Å². The van der Waals surface area contributed by atoms with Crippen molar-refractivity contribution in [2.45, 2.75) is 17.6 Å². The van der Waals surface area contributed by atoms with Crippen LogP contribution in [-0.2, 0) is 3.79 Å². The highest BCUT2D eigenvalue weighted by molar-refractivity contribution is 6.67. The highest BCUT2D eigenvalue weighted by Gasteiger charge is 2.26. The van der Waals surface area contributed by atoms with Gasteiger partial charge in [0.25, 0.3) is 0 Å². The second-order valence-electron chi connectivity index (χ2n) is 2.97. The number of nitrogen functional groups attached to an aromatic ring is 1. The van der Waals surface area contributed by atoms with Gasteiger partial charge in [-0.05, 0) is 25.0 Å². The maximum Gasteiger partial charge on any atom is 0.218 e. The standard InChI is InChI=1S/C9H10Cl3N/c1-5-3-4-7(9(10,11)12)8(13)6(5)2/h3-4H,13H2,1-2H3. The lowest BCUT2D eigenvalue weighted by Crippen LogP contribution is -2.07. The predicted octanol–water partition coefficient (Wildman–Crippen LogP) is 3.71. The summed E-state index contributed by atoms with van der Waals surface area (Å²) in [5, 5.41) is 0. The Kier molecular flexibility index (Phi) is 3.01. The highest BCUT2D eigenvalue weighted by atomic mass is 35.6. The van der Waals surface area contributed by atoms with Crippen molar-refractivity contribution < 1.29 is 0 Å². The Bertz CT molecular complexity index is 328. The smallest absolute Gasteiger partial charge is 0.218 e. The maximum absolute atomic E-state index is 5.82. The third-order valence-corrected chi connectivity index (χ3v) is 2.70. The van der Waals surface area contributed by atoms with Crippen molar-refractivity contribution in [1.29, 1.82) is 0 Å². The number of halogens is 3. The first-order valence-corrected chi connectivity index (χ1v) is 4.90. The van der Waals surface area contributed by atoms with Crippen LogP contribution in [0.2, 0.25) is 0 Å². The minimum Gasteiger partial charge on any atom is -0.398 e. The number of aryl methyl sites for hydroxylation is 1. The minimum absolute atomic E-state index is 0.542. The molecule has 0 fully saturated rings. The van der Waals surface area contributed by atoms with E-state index in [9.17, 15) is 0 Å². The van der Waals surface area contributed by atoms with Gasteiger partial charge in [-0.15, -0.1) is 0 Å². The van der Waals surface area contributed by atoms with Crippen LogP contribution in [0.5, 0.6) is 0 Å². The SMILES string of the molecule is Cc1ccc(C(Cl)(Cl)Cl)c(N)c1C.